The number of benzene rings is 3. The van der Waals surface area contributed by atoms with Crippen LogP contribution in [0, 0.1) is 0 Å². The molecule has 0 saturated heterocycles. The molecular formula is C16H16N2O2. The van der Waals surface area contributed by atoms with Crippen LogP contribution in [-0.4, -0.2) is 10.2 Å². The number of phenolic OH excluding ortho intramolecular Hbond substituents is 2. The molecule has 20 heavy (non-hydrogen) atoms. The molecular weight excluding hydrogens is 252 g/mol. The van der Waals surface area contributed by atoms with Crippen molar-refractivity contribution in [1.29, 1.82) is 0 Å². The molecule has 3 aromatic rings. The van der Waals surface area contributed by atoms with Gasteiger partial charge in [0.2, 0.25) is 0 Å². The van der Waals surface area contributed by atoms with Crippen LogP contribution in [0.25, 0.3) is 10.8 Å². The molecule has 0 bridgehead atoms. The number of nitrogen functional groups attached to an aromatic ring is 2. The van der Waals surface area contributed by atoms with E-state index in [0.717, 1.165) is 10.8 Å². The third-order valence-corrected chi connectivity index (χ3v) is 2.83. The molecule has 0 spiro atoms. The predicted octanol–water partition coefficient (Wildman–Crippen LogP) is 3.10. The number of hydrogen-bond donors (Lipinski definition) is 4. The molecule has 4 nitrogen and oxygen atoms in total. The SMILES string of the molecule is Nc1ccc(O)cc1.Nc1cccc2c(O)cccc12. The fraction of sp³-hybridized carbons (Fsp3) is 0. The van der Waals surface area contributed by atoms with Gasteiger partial charge in [-0.1, -0.05) is 24.3 Å². The third kappa shape index (κ3) is 3.11. The summed E-state index contributed by atoms with van der Waals surface area (Å²) in [6, 6.07) is 17.2. The highest BCUT2D eigenvalue weighted by Gasteiger charge is 1.99. The maximum Gasteiger partial charge on any atom is 0.123 e. The number of aromatic hydroxyl groups is 2. The number of anilines is 2. The fourth-order valence-corrected chi connectivity index (χ4v) is 1.79. The first-order valence-corrected chi connectivity index (χ1v) is 6.08. The van der Waals surface area contributed by atoms with E-state index in [1.54, 1.807) is 36.4 Å². The van der Waals surface area contributed by atoms with E-state index in [-0.39, 0.29) is 11.5 Å². The molecule has 0 radical (unpaired) electrons. The Morgan fingerprint density at radius 2 is 1.25 bits per heavy atom. The molecule has 0 aliphatic carbocycles. The summed E-state index contributed by atoms with van der Waals surface area (Å²) < 4.78 is 0. The lowest BCUT2D eigenvalue weighted by Crippen LogP contribution is -1.85. The average molecular weight is 268 g/mol. The maximum atomic E-state index is 9.44. The number of fused-ring (bicyclic) bond motifs is 1. The Kier molecular flexibility index (Phi) is 3.96. The Labute approximate surface area is 116 Å². The summed E-state index contributed by atoms with van der Waals surface area (Å²) in [7, 11) is 0. The second-order valence-electron chi connectivity index (χ2n) is 4.31. The highest BCUT2D eigenvalue weighted by Crippen LogP contribution is 2.27. The maximum absolute atomic E-state index is 9.44. The van der Waals surface area contributed by atoms with Gasteiger partial charge >= 0.3 is 0 Å². The molecule has 6 N–H and O–H groups in total. The monoisotopic (exact) mass is 268 g/mol. The summed E-state index contributed by atoms with van der Waals surface area (Å²) >= 11 is 0. The summed E-state index contributed by atoms with van der Waals surface area (Å²) in [4.78, 5) is 0. The van der Waals surface area contributed by atoms with Gasteiger partial charge in [-0.25, -0.2) is 0 Å². The molecule has 3 aromatic carbocycles. The van der Waals surface area contributed by atoms with E-state index in [4.69, 9.17) is 16.6 Å². The normalized spacial score (nSPS) is 9.80. The van der Waals surface area contributed by atoms with Crippen molar-refractivity contribution in [3.63, 3.8) is 0 Å². The van der Waals surface area contributed by atoms with Crippen LogP contribution in [0.2, 0.25) is 0 Å². The minimum absolute atomic E-state index is 0.249. The van der Waals surface area contributed by atoms with E-state index in [2.05, 4.69) is 0 Å². The molecule has 0 amide bonds. The van der Waals surface area contributed by atoms with Gasteiger partial charge in [0.1, 0.15) is 11.5 Å². The van der Waals surface area contributed by atoms with Crippen LogP contribution in [0.15, 0.2) is 60.7 Å². The van der Waals surface area contributed by atoms with E-state index in [1.165, 1.54) is 0 Å². The smallest absolute Gasteiger partial charge is 0.123 e. The zero-order valence-electron chi connectivity index (χ0n) is 10.8. The lowest BCUT2D eigenvalue weighted by atomic mass is 10.1. The Bertz CT molecular complexity index is 647. The van der Waals surface area contributed by atoms with Crippen LogP contribution in [0.4, 0.5) is 11.4 Å². The van der Waals surface area contributed by atoms with Gasteiger partial charge in [-0.2, -0.15) is 0 Å². The lowest BCUT2D eigenvalue weighted by molar-refractivity contribution is 0.475. The molecule has 0 atom stereocenters. The minimum atomic E-state index is 0.249. The van der Waals surface area contributed by atoms with Crippen LogP contribution in [0.3, 0.4) is 0 Å². The quantitative estimate of drug-likeness (QED) is 0.372. The molecule has 0 fully saturated rings. The second-order valence-corrected chi connectivity index (χ2v) is 4.31. The molecule has 0 unspecified atom stereocenters. The van der Waals surface area contributed by atoms with Crippen molar-refractivity contribution in [2.75, 3.05) is 11.5 Å². The van der Waals surface area contributed by atoms with Crippen LogP contribution in [0.1, 0.15) is 0 Å². The van der Waals surface area contributed by atoms with Gasteiger partial charge in [-0.3, -0.25) is 0 Å². The zero-order chi connectivity index (χ0) is 14.5. The lowest BCUT2D eigenvalue weighted by Gasteiger charge is -2.02. The van der Waals surface area contributed by atoms with Crippen molar-refractivity contribution in [3.05, 3.63) is 60.7 Å². The van der Waals surface area contributed by atoms with Crippen molar-refractivity contribution >= 4 is 22.1 Å². The number of hydrogen-bond acceptors (Lipinski definition) is 4. The average Bonchev–Trinajstić information content (AvgIpc) is 2.44. The van der Waals surface area contributed by atoms with Crippen LogP contribution in [0.5, 0.6) is 11.5 Å². The summed E-state index contributed by atoms with van der Waals surface area (Å²) in [6.07, 6.45) is 0. The largest absolute Gasteiger partial charge is 0.508 e. The van der Waals surface area contributed by atoms with E-state index < -0.39 is 0 Å². The summed E-state index contributed by atoms with van der Waals surface area (Å²) in [5.74, 6) is 0.527. The van der Waals surface area contributed by atoms with E-state index in [1.807, 2.05) is 24.3 Å². The van der Waals surface area contributed by atoms with Gasteiger partial charge < -0.3 is 21.7 Å². The standard InChI is InChI=1S/C10H9NO.C6H7NO/c11-9-5-1-4-8-7(9)3-2-6-10(8)12;7-5-1-3-6(8)4-2-5/h1-6,12H,11H2;1-4,8H,7H2. The molecule has 0 aliphatic heterocycles. The van der Waals surface area contributed by atoms with Gasteiger partial charge in [0.25, 0.3) is 0 Å². The van der Waals surface area contributed by atoms with Gasteiger partial charge in [0.15, 0.2) is 0 Å². The van der Waals surface area contributed by atoms with E-state index >= 15 is 0 Å². The number of nitrogens with two attached hydrogens (primary N) is 2. The summed E-state index contributed by atoms with van der Waals surface area (Å²) in [6.45, 7) is 0. The van der Waals surface area contributed by atoms with Crippen molar-refractivity contribution in [3.8, 4) is 11.5 Å². The van der Waals surface area contributed by atoms with E-state index in [0.29, 0.717) is 11.4 Å². The fourth-order valence-electron chi connectivity index (χ4n) is 1.79. The molecule has 0 saturated carbocycles. The molecule has 102 valence electrons. The van der Waals surface area contributed by atoms with Gasteiger partial charge in [0.05, 0.1) is 0 Å². The number of phenols is 2. The van der Waals surface area contributed by atoms with E-state index in [9.17, 15) is 5.11 Å². The first-order valence-electron chi connectivity index (χ1n) is 6.08. The van der Waals surface area contributed by atoms with Crippen molar-refractivity contribution in [2.24, 2.45) is 0 Å². The van der Waals surface area contributed by atoms with Crippen LogP contribution < -0.4 is 11.5 Å². The molecule has 0 heterocycles. The minimum Gasteiger partial charge on any atom is -0.508 e. The topological polar surface area (TPSA) is 92.5 Å². The Morgan fingerprint density at radius 3 is 1.85 bits per heavy atom. The zero-order valence-corrected chi connectivity index (χ0v) is 10.8. The Morgan fingerprint density at radius 1 is 0.650 bits per heavy atom. The van der Waals surface area contributed by atoms with Crippen LogP contribution >= 0.6 is 0 Å². The third-order valence-electron chi connectivity index (χ3n) is 2.83. The van der Waals surface area contributed by atoms with Crippen molar-refractivity contribution in [1.82, 2.24) is 0 Å². The Hall–Kier alpha value is -2.88. The summed E-state index contributed by atoms with van der Waals surface area (Å²) in [5.41, 5.74) is 12.4. The first-order chi connectivity index (χ1) is 9.58. The molecule has 3 rings (SSSR count). The van der Waals surface area contributed by atoms with Gasteiger partial charge in [0, 0.05) is 22.1 Å². The molecule has 0 aromatic heterocycles. The highest BCUT2D eigenvalue weighted by atomic mass is 16.3. The van der Waals surface area contributed by atoms with Gasteiger partial charge in [-0.15, -0.1) is 0 Å². The molecule has 0 aliphatic rings. The predicted molar refractivity (Wildman–Crippen MR) is 82.5 cm³/mol. The summed E-state index contributed by atoms with van der Waals surface area (Å²) in [5, 5.41) is 19.8. The Balaban J connectivity index is 0.000000160. The van der Waals surface area contributed by atoms with Crippen molar-refractivity contribution < 1.29 is 10.2 Å². The number of rotatable bonds is 0. The first kappa shape index (κ1) is 13.5. The second kappa shape index (κ2) is 5.84. The van der Waals surface area contributed by atoms with Crippen molar-refractivity contribution in [2.45, 2.75) is 0 Å². The molecule has 4 heteroatoms. The van der Waals surface area contributed by atoms with Crippen LogP contribution in [-0.2, 0) is 0 Å². The van der Waals surface area contributed by atoms with Gasteiger partial charge in [-0.05, 0) is 36.4 Å². The highest BCUT2D eigenvalue weighted by molar-refractivity contribution is 5.96.